The standard InChI is InChI=1S/C20H15ClN2O3S/c1-2-23-19(24)13-8-4-3-7-12(13)18(22-23)20(25)26-11-16-17(21)14-9-5-6-10-15(14)27-16/h3-10H,2,11H2,1H3. The molecule has 0 atom stereocenters. The summed E-state index contributed by atoms with van der Waals surface area (Å²) in [5.41, 5.74) is -0.0958. The summed E-state index contributed by atoms with van der Waals surface area (Å²) in [5, 5.41) is 6.67. The van der Waals surface area contributed by atoms with Crippen LogP contribution in [0, 0.1) is 0 Å². The van der Waals surface area contributed by atoms with E-state index in [1.807, 2.05) is 24.3 Å². The molecule has 7 heteroatoms. The molecule has 2 aromatic heterocycles. The predicted molar refractivity (Wildman–Crippen MR) is 108 cm³/mol. The molecule has 0 spiro atoms. The van der Waals surface area contributed by atoms with Crippen molar-refractivity contribution < 1.29 is 9.53 Å². The van der Waals surface area contributed by atoms with E-state index < -0.39 is 5.97 Å². The maximum Gasteiger partial charge on any atom is 0.359 e. The van der Waals surface area contributed by atoms with Gasteiger partial charge in [-0.3, -0.25) is 4.79 Å². The Hall–Kier alpha value is -2.70. The van der Waals surface area contributed by atoms with Crippen molar-refractivity contribution in [2.75, 3.05) is 0 Å². The van der Waals surface area contributed by atoms with E-state index in [0.29, 0.717) is 22.3 Å². The molecule has 4 aromatic rings. The first-order chi connectivity index (χ1) is 13.1. The van der Waals surface area contributed by atoms with Crippen molar-refractivity contribution in [3.8, 4) is 0 Å². The molecule has 0 aliphatic carbocycles. The first-order valence-corrected chi connectivity index (χ1v) is 9.62. The number of benzene rings is 2. The minimum absolute atomic E-state index is 0.0538. The zero-order chi connectivity index (χ0) is 19.0. The van der Waals surface area contributed by atoms with Crippen LogP contribution in [0.15, 0.2) is 53.3 Å². The van der Waals surface area contributed by atoms with Crippen molar-refractivity contribution in [2.24, 2.45) is 0 Å². The van der Waals surface area contributed by atoms with Gasteiger partial charge in [0.05, 0.1) is 15.3 Å². The minimum Gasteiger partial charge on any atom is -0.455 e. The normalized spacial score (nSPS) is 11.2. The van der Waals surface area contributed by atoms with Crippen LogP contribution in [0.3, 0.4) is 0 Å². The van der Waals surface area contributed by atoms with E-state index in [2.05, 4.69) is 5.10 Å². The Morgan fingerprint density at radius 1 is 1.11 bits per heavy atom. The van der Waals surface area contributed by atoms with Crippen LogP contribution in [-0.2, 0) is 17.9 Å². The van der Waals surface area contributed by atoms with Crippen molar-refractivity contribution >= 4 is 49.8 Å². The van der Waals surface area contributed by atoms with Crippen LogP contribution in [0.4, 0.5) is 0 Å². The van der Waals surface area contributed by atoms with Gasteiger partial charge in [-0.05, 0) is 19.1 Å². The summed E-state index contributed by atoms with van der Waals surface area (Å²) < 4.78 is 7.79. The van der Waals surface area contributed by atoms with Crippen LogP contribution in [0.5, 0.6) is 0 Å². The molecule has 5 nitrogen and oxygen atoms in total. The summed E-state index contributed by atoms with van der Waals surface area (Å²) in [6, 6.07) is 14.7. The van der Waals surface area contributed by atoms with Gasteiger partial charge in [0.15, 0.2) is 5.69 Å². The van der Waals surface area contributed by atoms with E-state index in [9.17, 15) is 9.59 Å². The molecule has 2 heterocycles. The number of nitrogens with zero attached hydrogens (tertiary/aromatic N) is 2. The molecule has 2 aromatic carbocycles. The fourth-order valence-electron chi connectivity index (χ4n) is 2.96. The predicted octanol–water partition coefficient (Wildman–Crippen LogP) is 4.64. The first-order valence-electron chi connectivity index (χ1n) is 8.43. The molecule has 0 amide bonds. The molecule has 0 saturated carbocycles. The quantitative estimate of drug-likeness (QED) is 0.470. The molecule has 0 saturated heterocycles. The Morgan fingerprint density at radius 2 is 1.78 bits per heavy atom. The summed E-state index contributed by atoms with van der Waals surface area (Å²) in [4.78, 5) is 25.9. The van der Waals surface area contributed by atoms with Gasteiger partial charge >= 0.3 is 5.97 Å². The SMILES string of the molecule is CCn1nc(C(=O)OCc2sc3ccccc3c2Cl)c2ccccc2c1=O. The number of carbonyl (C=O) groups excluding carboxylic acids is 1. The van der Waals surface area contributed by atoms with Crippen LogP contribution < -0.4 is 5.56 Å². The second kappa shape index (κ2) is 7.13. The lowest BCUT2D eigenvalue weighted by atomic mass is 10.1. The van der Waals surface area contributed by atoms with Crippen LogP contribution >= 0.6 is 22.9 Å². The lowest BCUT2D eigenvalue weighted by molar-refractivity contribution is 0.0469. The molecule has 136 valence electrons. The first kappa shape index (κ1) is 17.7. The van der Waals surface area contributed by atoms with Gasteiger partial charge in [0.2, 0.25) is 0 Å². The summed E-state index contributed by atoms with van der Waals surface area (Å²) in [6.07, 6.45) is 0. The van der Waals surface area contributed by atoms with Crippen molar-refractivity contribution in [3.63, 3.8) is 0 Å². The molecule has 0 aliphatic rings. The summed E-state index contributed by atoms with van der Waals surface area (Å²) in [6.45, 7) is 2.22. The maximum absolute atomic E-state index is 12.7. The van der Waals surface area contributed by atoms with Gasteiger partial charge in [0, 0.05) is 22.0 Å². The highest BCUT2D eigenvalue weighted by Gasteiger charge is 2.19. The Balaban J connectivity index is 1.68. The molecule has 27 heavy (non-hydrogen) atoms. The van der Waals surface area contributed by atoms with E-state index in [0.717, 1.165) is 15.0 Å². The maximum atomic E-state index is 12.7. The number of aryl methyl sites for hydroxylation is 1. The Morgan fingerprint density at radius 3 is 2.48 bits per heavy atom. The number of carbonyl (C=O) groups is 1. The average molecular weight is 399 g/mol. The largest absolute Gasteiger partial charge is 0.455 e. The van der Waals surface area contributed by atoms with Gasteiger partial charge < -0.3 is 4.74 Å². The number of thiophene rings is 1. The Labute approximate surface area is 163 Å². The van der Waals surface area contributed by atoms with Gasteiger partial charge in [-0.25, -0.2) is 9.48 Å². The molecule has 0 bridgehead atoms. The smallest absolute Gasteiger partial charge is 0.359 e. The van der Waals surface area contributed by atoms with Gasteiger partial charge in [-0.15, -0.1) is 11.3 Å². The van der Waals surface area contributed by atoms with E-state index in [-0.39, 0.29) is 17.9 Å². The van der Waals surface area contributed by atoms with Crippen molar-refractivity contribution in [1.82, 2.24) is 9.78 Å². The molecular formula is C20H15ClN2O3S. The fourth-order valence-corrected chi connectivity index (χ4v) is 4.36. The highest BCUT2D eigenvalue weighted by atomic mass is 35.5. The van der Waals surface area contributed by atoms with Crippen LogP contribution in [0.1, 0.15) is 22.3 Å². The Bertz CT molecular complexity index is 1230. The zero-order valence-corrected chi connectivity index (χ0v) is 16.0. The molecule has 0 N–H and O–H groups in total. The molecule has 0 unspecified atom stereocenters. The van der Waals surface area contributed by atoms with Crippen LogP contribution in [-0.4, -0.2) is 15.7 Å². The molecule has 0 radical (unpaired) electrons. The number of rotatable bonds is 4. The number of esters is 1. The monoisotopic (exact) mass is 398 g/mol. The topological polar surface area (TPSA) is 61.2 Å². The highest BCUT2D eigenvalue weighted by Crippen LogP contribution is 2.35. The van der Waals surface area contributed by atoms with E-state index in [4.69, 9.17) is 16.3 Å². The third-order valence-corrected chi connectivity index (χ3v) is 5.98. The van der Waals surface area contributed by atoms with Gasteiger partial charge in [-0.1, -0.05) is 48.0 Å². The molecule has 0 aliphatic heterocycles. The lowest BCUT2D eigenvalue weighted by Gasteiger charge is -2.09. The van der Waals surface area contributed by atoms with E-state index in [1.54, 1.807) is 31.2 Å². The minimum atomic E-state index is -0.582. The number of aromatic nitrogens is 2. The van der Waals surface area contributed by atoms with Crippen LogP contribution in [0.2, 0.25) is 5.02 Å². The fraction of sp³-hybridized carbons (Fsp3) is 0.150. The highest BCUT2D eigenvalue weighted by molar-refractivity contribution is 7.19. The van der Waals surface area contributed by atoms with E-state index in [1.165, 1.54) is 16.0 Å². The van der Waals surface area contributed by atoms with Crippen molar-refractivity contribution in [3.05, 3.63) is 74.5 Å². The van der Waals surface area contributed by atoms with Crippen LogP contribution in [0.25, 0.3) is 20.9 Å². The molecular weight excluding hydrogens is 384 g/mol. The number of fused-ring (bicyclic) bond motifs is 2. The number of ether oxygens (including phenoxy) is 1. The summed E-state index contributed by atoms with van der Waals surface area (Å²) >= 11 is 7.90. The summed E-state index contributed by atoms with van der Waals surface area (Å²) in [7, 11) is 0. The van der Waals surface area contributed by atoms with Crippen molar-refractivity contribution in [1.29, 1.82) is 0 Å². The number of hydrogen-bond donors (Lipinski definition) is 0. The second-order valence-electron chi connectivity index (χ2n) is 5.93. The second-order valence-corrected chi connectivity index (χ2v) is 7.44. The third-order valence-electron chi connectivity index (χ3n) is 4.30. The molecule has 0 fully saturated rings. The molecule has 4 rings (SSSR count). The zero-order valence-electron chi connectivity index (χ0n) is 14.4. The number of hydrogen-bond acceptors (Lipinski definition) is 5. The number of halogens is 1. The van der Waals surface area contributed by atoms with Gasteiger partial charge in [-0.2, -0.15) is 5.10 Å². The van der Waals surface area contributed by atoms with Gasteiger partial charge in [0.25, 0.3) is 5.56 Å². The van der Waals surface area contributed by atoms with Gasteiger partial charge in [0.1, 0.15) is 6.61 Å². The average Bonchev–Trinajstić information content (AvgIpc) is 3.03. The summed E-state index contributed by atoms with van der Waals surface area (Å²) in [5.74, 6) is -0.582. The van der Waals surface area contributed by atoms with E-state index >= 15 is 0 Å². The Kier molecular flexibility index (Phi) is 4.68. The third kappa shape index (κ3) is 3.11. The lowest BCUT2D eigenvalue weighted by Crippen LogP contribution is -2.25. The van der Waals surface area contributed by atoms with Crippen molar-refractivity contribution in [2.45, 2.75) is 20.1 Å².